The molecule has 1 heterocycles. The molecular formula is C4H10N4O. The number of aliphatic hydroxyl groups excluding tert-OH is 1. The first kappa shape index (κ1) is 6.31. The Hall–Kier alpha value is -0.810. The van der Waals surface area contributed by atoms with Crippen molar-refractivity contribution < 1.29 is 5.11 Å². The molecule has 5 N–H and O–H groups in total. The number of β-amino-alcohol motifs (C(OH)–C–C–N with tert-alkyl or cyclic N) is 1. The molecule has 1 atom stereocenters. The van der Waals surface area contributed by atoms with E-state index in [1.807, 2.05) is 0 Å². The van der Waals surface area contributed by atoms with Crippen molar-refractivity contribution in [2.24, 2.45) is 10.8 Å². The third-order valence-corrected chi connectivity index (χ3v) is 1.10. The van der Waals surface area contributed by atoms with Gasteiger partial charge in [-0.2, -0.15) is 0 Å². The highest BCUT2D eigenvalue weighted by molar-refractivity contribution is 5.79. The summed E-state index contributed by atoms with van der Waals surface area (Å²) in [6.45, 7) is 0.940. The average Bonchev–Trinajstić information content (AvgIpc) is 1.90. The third-order valence-electron chi connectivity index (χ3n) is 1.10. The lowest BCUT2D eigenvalue weighted by Gasteiger charge is -2.17. The minimum Gasteiger partial charge on any atom is -0.389 e. The Morgan fingerprint density at radius 2 is 2.67 bits per heavy atom. The first-order chi connectivity index (χ1) is 4.33. The Bertz CT molecular complexity index is 124. The molecule has 0 spiro atoms. The molecule has 1 aliphatic heterocycles. The smallest absolute Gasteiger partial charge is 0.205 e. The normalized spacial score (nSPS) is 26.4. The van der Waals surface area contributed by atoms with Gasteiger partial charge >= 0.3 is 0 Å². The van der Waals surface area contributed by atoms with Gasteiger partial charge in [-0.05, 0) is 0 Å². The maximum Gasteiger partial charge on any atom is 0.205 e. The largest absolute Gasteiger partial charge is 0.389 e. The van der Waals surface area contributed by atoms with Gasteiger partial charge in [0.05, 0.1) is 12.6 Å². The van der Waals surface area contributed by atoms with Crippen LogP contribution in [0.25, 0.3) is 0 Å². The fourth-order valence-electron chi connectivity index (χ4n) is 0.628. The van der Waals surface area contributed by atoms with E-state index in [1.54, 1.807) is 0 Å². The number of hydrogen-bond acceptors (Lipinski definition) is 5. The Labute approximate surface area is 52.9 Å². The predicted octanol–water partition coefficient (Wildman–Crippen LogP) is -2.23. The first-order valence-corrected chi connectivity index (χ1v) is 2.76. The van der Waals surface area contributed by atoms with E-state index >= 15 is 0 Å². The molecule has 0 aliphatic carbocycles. The molecule has 0 amide bonds. The summed E-state index contributed by atoms with van der Waals surface area (Å²) in [5.74, 6) is 5.57. The van der Waals surface area contributed by atoms with Gasteiger partial charge in [-0.3, -0.25) is 5.43 Å². The van der Waals surface area contributed by atoms with Gasteiger partial charge in [-0.15, -0.1) is 0 Å². The van der Waals surface area contributed by atoms with E-state index in [9.17, 15) is 0 Å². The summed E-state index contributed by atoms with van der Waals surface area (Å²) >= 11 is 0. The predicted molar refractivity (Wildman–Crippen MR) is 33.6 cm³/mol. The van der Waals surface area contributed by atoms with Crippen LogP contribution in [0, 0.1) is 0 Å². The summed E-state index contributed by atoms with van der Waals surface area (Å²) in [5, 5.41) is 11.7. The van der Waals surface area contributed by atoms with Gasteiger partial charge in [0.2, 0.25) is 5.96 Å². The van der Waals surface area contributed by atoms with Crippen LogP contribution in [0.2, 0.25) is 0 Å². The molecular weight excluding hydrogens is 120 g/mol. The van der Waals surface area contributed by atoms with Crippen LogP contribution in [0.5, 0.6) is 0 Å². The van der Waals surface area contributed by atoms with Crippen molar-refractivity contribution >= 4 is 5.96 Å². The topological polar surface area (TPSA) is 82.7 Å². The van der Waals surface area contributed by atoms with E-state index in [0.717, 1.165) is 0 Å². The summed E-state index contributed by atoms with van der Waals surface area (Å²) in [4.78, 5) is 3.85. The highest BCUT2D eigenvalue weighted by Crippen LogP contribution is 1.87. The molecule has 5 nitrogen and oxygen atoms in total. The maximum atomic E-state index is 8.88. The number of aliphatic hydroxyl groups is 1. The second-order valence-corrected chi connectivity index (χ2v) is 1.87. The Kier molecular flexibility index (Phi) is 1.86. The van der Waals surface area contributed by atoms with E-state index in [0.29, 0.717) is 19.0 Å². The number of nitrogens with one attached hydrogen (secondary N) is 2. The van der Waals surface area contributed by atoms with E-state index in [2.05, 4.69) is 15.7 Å². The van der Waals surface area contributed by atoms with Gasteiger partial charge in [0.1, 0.15) is 0 Å². The van der Waals surface area contributed by atoms with Crippen LogP contribution in [0.1, 0.15) is 0 Å². The lowest BCUT2D eigenvalue weighted by molar-refractivity contribution is 0.180. The van der Waals surface area contributed by atoms with Crippen LogP contribution >= 0.6 is 0 Å². The van der Waals surface area contributed by atoms with Crippen molar-refractivity contribution in [3.8, 4) is 0 Å². The van der Waals surface area contributed by atoms with Gasteiger partial charge < -0.3 is 10.4 Å². The standard InChI is InChI=1S/C4H10N4O/c5-8-4-6-1-3(9)2-7-4/h3,9H,1-2,5H2,(H2,6,7,8). The highest BCUT2D eigenvalue weighted by Gasteiger charge is 2.09. The molecule has 0 aromatic carbocycles. The molecule has 1 aliphatic rings. The van der Waals surface area contributed by atoms with E-state index in [4.69, 9.17) is 10.9 Å². The Morgan fingerprint density at radius 1 is 1.89 bits per heavy atom. The quantitative estimate of drug-likeness (QED) is 0.221. The fourth-order valence-corrected chi connectivity index (χ4v) is 0.628. The number of hydrazine groups is 1. The van der Waals surface area contributed by atoms with Gasteiger partial charge in [-0.25, -0.2) is 10.8 Å². The minimum absolute atomic E-state index is 0.373. The average molecular weight is 130 g/mol. The van der Waals surface area contributed by atoms with Crippen LogP contribution in [0.4, 0.5) is 0 Å². The van der Waals surface area contributed by atoms with Crippen molar-refractivity contribution in [2.45, 2.75) is 6.10 Å². The molecule has 52 valence electrons. The second kappa shape index (κ2) is 2.65. The zero-order valence-corrected chi connectivity index (χ0v) is 4.96. The first-order valence-electron chi connectivity index (χ1n) is 2.76. The van der Waals surface area contributed by atoms with Gasteiger partial charge in [0.25, 0.3) is 0 Å². The van der Waals surface area contributed by atoms with E-state index < -0.39 is 0 Å². The summed E-state index contributed by atoms with van der Waals surface area (Å²) < 4.78 is 0. The molecule has 0 radical (unpaired) electrons. The molecule has 5 heteroatoms. The number of guanidine groups is 1. The molecule has 0 saturated carbocycles. The van der Waals surface area contributed by atoms with Gasteiger partial charge in [0.15, 0.2) is 0 Å². The Balaban J connectivity index is 2.40. The van der Waals surface area contributed by atoms with Crippen LogP contribution in [-0.4, -0.2) is 30.3 Å². The molecule has 9 heavy (non-hydrogen) atoms. The number of hydrogen-bond donors (Lipinski definition) is 4. The summed E-state index contributed by atoms with van der Waals surface area (Å²) in [6.07, 6.45) is -0.373. The van der Waals surface area contributed by atoms with Crippen molar-refractivity contribution in [1.82, 2.24) is 10.7 Å². The van der Waals surface area contributed by atoms with E-state index in [-0.39, 0.29) is 6.10 Å². The highest BCUT2D eigenvalue weighted by atomic mass is 16.3. The molecule has 0 saturated heterocycles. The lowest BCUT2D eigenvalue weighted by atomic mass is 10.3. The number of rotatable bonds is 0. The molecule has 0 fully saturated rings. The van der Waals surface area contributed by atoms with Crippen molar-refractivity contribution in [2.75, 3.05) is 13.1 Å². The van der Waals surface area contributed by atoms with Gasteiger partial charge in [0, 0.05) is 6.54 Å². The number of aliphatic imine (C=N–C) groups is 1. The molecule has 0 aromatic rings. The molecule has 0 aromatic heterocycles. The molecule has 0 bridgehead atoms. The zero-order chi connectivity index (χ0) is 6.69. The van der Waals surface area contributed by atoms with Crippen LogP contribution in [0.15, 0.2) is 4.99 Å². The monoisotopic (exact) mass is 130 g/mol. The Morgan fingerprint density at radius 3 is 3.11 bits per heavy atom. The molecule has 1 rings (SSSR count). The van der Waals surface area contributed by atoms with Crippen LogP contribution in [0.3, 0.4) is 0 Å². The molecule has 1 unspecified atom stereocenters. The van der Waals surface area contributed by atoms with E-state index in [1.165, 1.54) is 0 Å². The summed E-state index contributed by atoms with van der Waals surface area (Å²) in [5.41, 5.74) is 2.35. The SMILES string of the molecule is NNC1=NCC(O)CN1. The minimum atomic E-state index is -0.373. The maximum absolute atomic E-state index is 8.88. The van der Waals surface area contributed by atoms with Crippen molar-refractivity contribution in [1.29, 1.82) is 0 Å². The number of nitrogens with two attached hydrogens (primary N) is 1. The van der Waals surface area contributed by atoms with Gasteiger partial charge in [-0.1, -0.05) is 0 Å². The lowest BCUT2D eigenvalue weighted by Crippen LogP contribution is -2.48. The van der Waals surface area contributed by atoms with Crippen molar-refractivity contribution in [3.05, 3.63) is 0 Å². The second-order valence-electron chi connectivity index (χ2n) is 1.87. The number of nitrogens with zero attached hydrogens (tertiary/aromatic N) is 1. The van der Waals surface area contributed by atoms with Crippen LogP contribution < -0.4 is 16.6 Å². The third kappa shape index (κ3) is 1.55. The van der Waals surface area contributed by atoms with Crippen LogP contribution in [-0.2, 0) is 0 Å². The summed E-state index contributed by atoms with van der Waals surface area (Å²) in [6, 6.07) is 0. The van der Waals surface area contributed by atoms with Crippen molar-refractivity contribution in [3.63, 3.8) is 0 Å². The zero-order valence-electron chi connectivity index (χ0n) is 4.96. The fraction of sp³-hybridized carbons (Fsp3) is 0.750. The summed E-state index contributed by atoms with van der Waals surface area (Å²) in [7, 11) is 0.